The summed E-state index contributed by atoms with van der Waals surface area (Å²) in [5.74, 6) is -0.876. The summed E-state index contributed by atoms with van der Waals surface area (Å²) in [5.41, 5.74) is 1.51. The fourth-order valence-corrected chi connectivity index (χ4v) is 4.11. The van der Waals surface area contributed by atoms with Gasteiger partial charge >= 0.3 is 5.97 Å². The number of carbonyl (C=O) groups excluding carboxylic acids is 1. The van der Waals surface area contributed by atoms with Crippen LogP contribution in [0.15, 0.2) is 18.2 Å². The van der Waals surface area contributed by atoms with Crippen LogP contribution in [0.4, 0.5) is 4.39 Å². The number of piperidine rings is 1. The molecule has 1 aromatic carbocycles. The van der Waals surface area contributed by atoms with E-state index in [0.717, 1.165) is 44.1 Å². The molecular formula is C23H34FNO4. The maximum absolute atomic E-state index is 13.9. The predicted octanol–water partition coefficient (Wildman–Crippen LogP) is 4.23. The molecule has 5 nitrogen and oxygen atoms in total. The highest BCUT2D eigenvalue weighted by molar-refractivity contribution is 5.77. The van der Waals surface area contributed by atoms with E-state index in [-0.39, 0.29) is 30.6 Å². The molecule has 1 saturated heterocycles. The number of aliphatic hydroxyl groups excluding tert-OH is 1. The summed E-state index contributed by atoms with van der Waals surface area (Å²) >= 11 is 0. The lowest BCUT2D eigenvalue weighted by Crippen LogP contribution is -2.44. The van der Waals surface area contributed by atoms with Crippen LogP contribution in [0.3, 0.4) is 0 Å². The Balaban J connectivity index is 1.78. The smallest absolute Gasteiger partial charge is 0.303 e. The zero-order valence-corrected chi connectivity index (χ0v) is 17.4. The molecule has 0 bridgehead atoms. The van der Waals surface area contributed by atoms with Crippen LogP contribution in [0.2, 0.25) is 0 Å². The number of rotatable bonds is 12. The lowest BCUT2D eigenvalue weighted by Gasteiger charge is -2.36. The summed E-state index contributed by atoms with van der Waals surface area (Å²) in [7, 11) is 0. The number of likely N-dealkylation sites (tertiary alicyclic amines) is 1. The van der Waals surface area contributed by atoms with Crippen LogP contribution in [0.25, 0.3) is 0 Å². The topological polar surface area (TPSA) is 77.8 Å². The number of carboxylic acids is 1. The van der Waals surface area contributed by atoms with Gasteiger partial charge in [-0.2, -0.15) is 0 Å². The first-order chi connectivity index (χ1) is 13.9. The molecule has 1 amide bonds. The Hall–Kier alpha value is -1.95. The van der Waals surface area contributed by atoms with Crippen LogP contribution in [-0.4, -0.2) is 45.7 Å². The fourth-order valence-electron chi connectivity index (χ4n) is 4.11. The number of halogens is 1. The van der Waals surface area contributed by atoms with Gasteiger partial charge in [0.15, 0.2) is 0 Å². The van der Waals surface area contributed by atoms with Gasteiger partial charge in [-0.3, -0.25) is 9.59 Å². The third-order valence-corrected chi connectivity index (χ3v) is 5.72. The number of hydrogen-bond donors (Lipinski definition) is 2. The Kier molecular flexibility index (Phi) is 9.58. The van der Waals surface area contributed by atoms with Gasteiger partial charge in [-0.15, -0.1) is 0 Å². The maximum atomic E-state index is 13.9. The van der Waals surface area contributed by atoms with Crippen LogP contribution in [0.1, 0.15) is 75.3 Å². The SMILES string of the molecule is Cc1ccc(F)c(CC(O)CC[C@H]2CCCC(=O)N2CCCCCCC(=O)O)c1. The number of benzene rings is 1. The van der Waals surface area contributed by atoms with Crippen LogP contribution in [0.5, 0.6) is 0 Å². The lowest BCUT2D eigenvalue weighted by molar-refractivity contribution is -0.137. The number of aryl methyl sites for hydroxylation is 1. The molecule has 162 valence electrons. The minimum Gasteiger partial charge on any atom is -0.481 e. The molecule has 1 heterocycles. The first-order valence-electron chi connectivity index (χ1n) is 10.8. The molecule has 0 aliphatic carbocycles. The third-order valence-electron chi connectivity index (χ3n) is 5.72. The van der Waals surface area contributed by atoms with Gasteiger partial charge in [0.05, 0.1) is 6.10 Å². The molecule has 1 fully saturated rings. The molecule has 29 heavy (non-hydrogen) atoms. The Labute approximate surface area is 172 Å². The zero-order chi connectivity index (χ0) is 21.2. The highest BCUT2D eigenvalue weighted by atomic mass is 19.1. The van der Waals surface area contributed by atoms with E-state index in [4.69, 9.17) is 5.11 Å². The summed E-state index contributed by atoms with van der Waals surface area (Å²) in [4.78, 5) is 24.9. The van der Waals surface area contributed by atoms with Gasteiger partial charge in [0.2, 0.25) is 5.91 Å². The molecule has 0 radical (unpaired) electrons. The Morgan fingerprint density at radius 1 is 1.28 bits per heavy atom. The second-order valence-electron chi connectivity index (χ2n) is 8.22. The monoisotopic (exact) mass is 407 g/mol. The van der Waals surface area contributed by atoms with Crippen molar-refractivity contribution >= 4 is 11.9 Å². The van der Waals surface area contributed by atoms with Crippen molar-refractivity contribution in [1.82, 2.24) is 4.90 Å². The van der Waals surface area contributed by atoms with E-state index < -0.39 is 12.1 Å². The van der Waals surface area contributed by atoms with Crippen molar-refractivity contribution in [1.29, 1.82) is 0 Å². The lowest BCUT2D eigenvalue weighted by atomic mass is 9.94. The van der Waals surface area contributed by atoms with E-state index in [2.05, 4.69) is 0 Å². The van der Waals surface area contributed by atoms with Crippen molar-refractivity contribution in [3.63, 3.8) is 0 Å². The Morgan fingerprint density at radius 3 is 2.79 bits per heavy atom. The number of unbranched alkanes of at least 4 members (excludes halogenated alkanes) is 3. The number of hydrogen-bond acceptors (Lipinski definition) is 3. The van der Waals surface area contributed by atoms with Crippen LogP contribution >= 0.6 is 0 Å². The van der Waals surface area contributed by atoms with Gasteiger partial charge in [-0.25, -0.2) is 4.39 Å². The van der Waals surface area contributed by atoms with Gasteiger partial charge in [-0.05, 0) is 57.1 Å². The van der Waals surface area contributed by atoms with Crippen molar-refractivity contribution in [2.24, 2.45) is 0 Å². The van der Waals surface area contributed by atoms with Gasteiger partial charge in [-0.1, -0.05) is 30.5 Å². The molecule has 0 saturated carbocycles. The summed E-state index contributed by atoms with van der Waals surface area (Å²) in [6.45, 7) is 2.60. The number of aliphatic carboxylic acids is 1. The largest absolute Gasteiger partial charge is 0.481 e. The number of amides is 1. The number of nitrogens with zero attached hydrogens (tertiary/aromatic N) is 1. The Bertz CT molecular complexity index is 679. The van der Waals surface area contributed by atoms with Crippen LogP contribution in [-0.2, 0) is 16.0 Å². The quantitative estimate of drug-likeness (QED) is 0.508. The molecule has 1 unspecified atom stereocenters. The van der Waals surface area contributed by atoms with E-state index in [9.17, 15) is 19.1 Å². The summed E-state index contributed by atoms with van der Waals surface area (Å²) < 4.78 is 13.9. The highest BCUT2D eigenvalue weighted by Crippen LogP contribution is 2.24. The second-order valence-corrected chi connectivity index (χ2v) is 8.22. The van der Waals surface area contributed by atoms with Crippen molar-refractivity contribution in [2.45, 2.75) is 89.7 Å². The van der Waals surface area contributed by atoms with Gasteiger partial charge in [0.1, 0.15) is 5.82 Å². The van der Waals surface area contributed by atoms with E-state index in [1.807, 2.05) is 11.8 Å². The third kappa shape index (κ3) is 8.13. The molecule has 2 rings (SSSR count). The number of carboxylic acid groups (broad SMARTS) is 1. The normalized spacial score (nSPS) is 18.1. The molecule has 6 heteroatoms. The predicted molar refractivity (Wildman–Crippen MR) is 110 cm³/mol. The van der Waals surface area contributed by atoms with Crippen LogP contribution < -0.4 is 0 Å². The standard InChI is InChI=1S/C23H34FNO4/c1-17-10-13-21(24)18(15-17)16-20(26)12-11-19-7-6-8-22(27)25(19)14-5-3-2-4-9-23(28)29/h10,13,15,19-20,26H,2-9,11-12,14,16H2,1H3,(H,28,29)/t19-,20?/m1/s1. The summed E-state index contributed by atoms with van der Waals surface area (Å²) in [6, 6.07) is 5.07. The zero-order valence-electron chi connectivity index (χ0n) is 17.4. The molecular weight excluding hydrogens is 373 g/mol. The average Bonchev–Trinajstić information content (AvgIpc) is 2.67. The molecule has 1 aliphatic rings. The molecule has 0 aromatic heterocycles. The minimum absolute atomic E-state index is 0.132. The van der Waals surface area contributed by atoms with E-state index in [0.29, 0.717) is 31.4 Å². The van der Waals surface area contributed by atoms with E-state index >= 15 is 0 Å². The van der Waals surface area contributed by atoms with E-state index in [1.165, 1.54) is 6.07 Å². The maximum Gasteiger partial charge on any atom is 0.303 e. The van der Waals surface area contributed by atoms with Crippen molar-refractivity contribution in [3.05, 3.63) is 35.1 Å². The summed E-state index contributed by atoms with van der Waals surface area (Å²) in [5, 5.41) is 19.1. The first kappa shape index (κ1) is 23.3. The molecule has 2 atom stereocenters. The second kappa shape index (κ2) is 11.9. The molecule has 1 aromatic rings. The average molecular weight is 408 g/mol. The summed E-state index contributed by atoms with van der Waals surface area (Å²) in [6.07, 6.45) is 6.85. The van der Waals surface area contributed by atoms with Gasteiger partial charge in [0, 0.05) is 31.8 Å². The van der Waals surface area contributed by atoms with Crippen LogP contribution in [0, 0.1) is 12.7 Å². The number of carbonyl (C=O) groups is 2. The van der Waals surface area contributed by atoms with Crippen molar-refractivity contribution < 1.29 is 24.2 Å². The molecule has 0 spiro atoms. The molecule has 1 aliphatic heterocycles. The van der Waals surface area contributed by atoms with Gasteiger partial charge in [0.25, 0.3) is 0 Å². The fraction of sp³-hybridized carbons (Fsp3) is 0.652. The molecule has 2 N–H and O–H groups in total. The van der Waals surface area contributed by atoms with E-state index in [1.54, 1.807) is 12.1 Å². The Morgan fingerprint density at radius 2 is 2.03 bits per heavy atom. The first-order valence-corrected chi connectivity index (χ1v) is 10.8. The number of aliphatic hydroxyl groups is 1. The van der Waals surface area contributed by atoms with Gasteiger partial charge < -0.3 is 15.1 Å². The van der Waals surface area contributed by atoms with Crippen molar-refractivity contribution in [2.75, 3.05) is 6.54 Å². The highest BCUT2D eigenvalue weighted by Gasteiger charge is 2.27. The minimum atomic E-state index is -0.764. The van der Waals surface area contributed by atoms with Crippen molar-refractivity contribution in [3.8, 4) is 0 Å².